The molecule has 6 heteroatoms. The van der Waals surface area contributed by atoms with Crippen LogP contribution < -0.4 is 10.1 Å². The zero-order valence-corrected chi connectivity index (χ0v) is 15.8. The topological polar surface area (TPSA) is 59.4 Å². The highest BCUT2D eigenvalue weighted by Crippen LogP contribution is 2.25. The Morgan fingerprint density at radius 1 is 1.30 bits per heavy atom. The number of hydrogen-bond donors (Lipinski definition) is 1. The minimum absolute atomic E-state index is 0.0501. The average Bonchev–Trinajstić information content (AvgIpc) is 3.24. The minimum atomic E-state index is 0.0501. The summed E-state index contributed by atoms with van der Waals surface area (Å²) in [5.41, 5.74) is 2.39. The van der Waals surface area contributed by atoms with Crippen LogP contribution >= 0.6 is 0 Å². The third kappa shape index (κ3) is 4.43. The van der Waals surface area contributed by atoms with Crippen molar-refractivity contribution in [1.82, 2.24) is 20.0 Å². The predicted molar refractivity (Wildman–Crippen MR) is 104 cm³/mol. The fraction of sp³-hybridized carbons (Fsp3) is 0.524. The lowest BCUT2D eigenvalue weighted by atomic mass is 9.99. The summed E-state index contributed by atoms with van der Waals surface area (Å²) in [6.07, 6.45) is 10.2. The van der Waals surface area contributed by atoms with Gasteiger partial charge < -0.3 is 15.0 Å². The molecule has 2 aromatic rings. The van der Waals surface area contributed by atoms with Gasteiger partial charge in [-0.05, 0) is 61.8 Å². The van der Waals surface area contributed by atoms with E-state index in [1.54, 1.807) is 6.20 Å². The summed E-state index contributed by atoms with van der Waals surface area (Å²) in [6, 6.07) is 8.53. The molecule has 3 heterocycles. The van der Waals surface area contributed by atoms with Crippen LogP contribution in [0.2, 0.25) is 0 Å². The molecule has 2 aliphatic rings. The fourth-order valence-electron chi connectivity index (χ4n) is 4.08. The normalized spacial score (nSPS) is 19.3. The van der Waals surface area contributed by atoms with Gasteiger partial charge in [-0.1, -0.05) is 12.1 Å². The number of nitrogens with zero attached hydrogens (tertiary/aromatic N) is 3. The molecule has 0 spiro atoms. The van der Waals surface area contributed by atoms with Crippen molar-refractivity contribution >= 4 is 6.03 Å². The first kappa shape index (κ1) is 17.9. The summed E-state index contributed by atoms with van der Waals surface area (Å²) < 4.78 is 7.61. The van der Waals surface area contributed by atoms with E-state index in [0.29, 0.717) is 12.6 Å². The highest BCUT2D eigenvalue weighted by molar-refractivity contribution is 5.74. The van der Waals surface area contributed by atoms with E-state index in [9.17, 15) is 4.79 Å². The van der Waals surface area contributed by atoms with Gasteiger partial charge in [0.15, 0.2) is 0 Å². The van der Waals surface area contributed by atoms with Crippen LogP contribution in [0.15, 0.2) is 36.7 Å². The van der Waals surface area contributed by atoms with Crippen molar-refractivity contribution < 1.29 is 9.53 Å². The Kier molecular flexibility index (Phi) is 5.61. The summed E-state index contributed by atoms with van der Waals surface area (Å²) in [6.45, 7) is 3.06. The molecule has 0 bridgehead atoms. The van der Waals surface area contributed by atoms with E-state index < -0.39 is 0 Å². The van der Waals surface area contributed by atoms with Gasteiger partial charge in [0.1, 0.15) is 5.75 Å². The second-order valence-electron chi connectivity index (χ2n) is 7.45. The summed E-state index contributed by atoms with van der Waals surface area (Å²) in [4.78, 5) is 14.8. The first-order chi connectivity index (χ1) is 13.3. The number of carbonyl (C=O) groups is 1. The van der Waals surface area contributed by atoms with E-state index in [4.69, 9.17) is 4.74 Å². The highest BCUT2D eigenvalue weighted by Gasteiger charge is 2.26. The standard InChI is InChI=1S/C21H28N4O2/c26-21(22-16-17-7-8-20-18(15-17)5-3-14-27-20)25-12-2-1-6-19(25)9-13-24-11-4-10-23-24/h4,7-8,10-11,15,19H,1-3,5-6,9,12-14,16H2,(H,22,26). The number of benzene rings is 1. The van der Waals surface area contributed by atoms with Crippen molar-refractivity contribution in [3.63, 3.8) is 0 Å². The van der Waals surface area contributed by atoms with Crippen molar-refractivity contribution in [2.45, 2.75) is 57.7 Å². The largest absolute Gasteiger partial charge is 0.493 e. The summed E-state index contributed by atoms with van der Waals surface area (Å²) in [5.74, 6) is 0.992. The Balaban J connectivity index is 1.33. The minimum Gasteiger partial charge on any atom is -0.493 e. The lowest BCUT2D eigenvalue weighted by Crippen LogP contribution is -2.48. The van der Waals surface area contributed by atoms with Gasteiger partial charge in [0, 0.05) is 38.1 Å². The van der Waals surface area contributed by atoms with Crippen LogP contribution in [0, 0.1) is 0 Å². The molecule has 1 atom stereocenters. The fourth-order valence-corrected chi connectivity index (χ4v) is 4.08. The first-order valence-corrected chi connectivity index (χ1v) is 10.1. The molecule has 2 amide bonds. The van der Waals surface area contributed by atoms with Crippen LogP contribution in [0.1, 0.15) is 43.2 Å². The number of nitrogens with one attached hydrogen (secondary N) is 1. The van der Waals surface area contributed by atoms with E-state index in [-0.39, 0.29) is 6.03 Å². The van der Waals surface area contributed by atoms with Crippen LogP contribution in [0.5, 0.6) is 5.75 Å². The van der Waals surface area contributed by atoms with E-state index in [1.807, 2.05) is 27.9 Å². The maximum absolute atomic E-state index is 12.8. The Labute approximate surface area is 160 Å². The number of piperidine rings is 1. The number of aryl methyl sites for hydroxylation is 2. The molecule has 2 aliphatic heterocycles. The SMILES string of the molecule is O=C(NCc1ccc2c(c1)CCCO2)N1CCCCC1CCn1cccn1. The van der Waals surface area contributed by atoms with Crippen LogP contribution in [0.3, 0.4) is 0 Å². The zero-order valence-electron chi connectivity index (χ0n) is 15.8. The Bertz CT molecular complexity index is 760. The number of hydrogen-bond acceptors (Lipinski definition) is 3. The Morgan fingerprint density at radius 2 is 2.26 bits per heavy atom. The van der Waals surface area contributed by atoms with Gasteiger partial charge in [-0.2, -0.15) is 5.10 Å². The molecule has 6 nitrogen and oxygen atoms in total. The number of fused-ring (bicyclic) bond motifs is 1. The first-order valence-electron chi connectivity index (χ1n) is 10.1. The number of carbonyl (C=O) groups excluding carboxylic acids is 1. The number of rotatable bonds is 5. The second-order valence-corrected chi connectivity index (χ2v) is 7.45. The Morgan fingerprint density at radius 3 is 3.15 bits per heavy atom. The molecule has 0 radical (unpaired) electrons. The van der Waals surface area contributed by atoms with Crippen molar-refractivity contribution in [1.29, 1.82) is 0 Å². The molecule has 1 aromatic heterocycles. The number of urea groups is 1. The third-order valence-corrected chi connectivity index (χ3v) is 5.56. The highest BCUT2D eigenvalue weighted by atomic mass is 16.5. The maximum atomic E-state index is 12.8. The van der Waals surface area contributed by atoms with Crippen molar-refractivity contribution in [3.8, 4) is 5.75 Å². The van der Waals surface area contributed by atoms with Gasteiger partial charge >= 0.3 is 6.03 Å². The molecule has 1 aromatic carbocycles. The van der Waals surface area contributed by atoms with Crippen LogP contribution in [-0.2, 0) is 19.5 Å². The molecule has 1 fully saturated rings. The van der Waals surface area contributed by atoms with Crippen molar-refractivity contribution in [2.75, 3.05) is 13.2 Å². The lowest BCUT2D eigenvalue weighted by molar-refractivity contribution is 0.143. The maximum Gasteiger partial charge on any atom is 0.317 e. The molecule has 4 rings (SSSR count). The van der Waals surface area contributed by atoms with Gasteiger partial charge in [-0.15, -0.1) is 0 Å². The molecule has 27 heavy (non-hydrogen) atoms. The molecular formula is C21H28N4O2. The van der Waals surface area contributed by atoms with Gasteiger partial charge in [0.05, 0.1) is 6.61 Å². The molecule has 144 valence electrons. The lowest BCUT2D eigenvalue weighted by Gasteiger charge is -2.36. The molecule has 0 aliphatic carbocycles. The Hall–Kier alpha value is -2.50. The van der Waals surface area contributed by atoms with E-state index in [2.05, 4.69) is 22.5 Å². The van der Waals surface area contributed by atoms with E-state index in [1.165, 1.54) is 12.0 Å². The number of likely N-dealkylation sites (tertiary alicyclic amines) is 1. The monoisotopic (exact) mass is 368 g/mol. The smallest absolute Gasteiger partial charge is 0.317 e. The van der Waals surface area contributed by atoms with Crippen LogP contribution in [-0.4, -0.2) is 39.9 Å². The molecule has 1 N–H and O–H groups in total. The third-order valence-electron chi connectivity index (χ3n) is 5.56. The number of amides is 2. The van der Waals surface area contributed by atoms with Crippen molar-refractivity contribution in [2.24, 2.45) is 0 Å². The zero-order chi connectivity index (χ0) is 18.5. The van der Waals surface area contributed by atoms with Crippen LogP contribution in [0.4, 0.5) is 4.79 Å². The number of ether oxygens (including phenoxy) is 1. The summed E-state index contributed by atoms with van der Waals surface area (Å²) >= 11 is 0. The molecule has 0 saturated carbocycles. The van der Waals surface area contributed by atoms with E-state index in [0.717, 1.165) is 63.1 Å². The van der Waals surface area contributed by atoms with Gasteiger partial charge in [-0.3, -0.25) is 4.68 Å². The van der Waals surface area contributed by atoms with Gasteiger partial charge in [-0.25, -0.2) is 4.79 Å². The average molecular weight is 368 g/mol. The summed E-state index contributed by atoms with van der Waals surface area (Å²) in [5, 5.41) is 7.39. The second kappa shape index (κ2) is 8.46. The molecular weight excluding hydrogens is 340 g/mol. The van der Waals surface area contributed by atoms with Crippen molar-refractivity contribution in [3.05, 3.63) is 47.8 Å². The van der Waals surface area contributed by atoms with Crippen LogP contribution in [0.25, 0.3) is 0 Å². The quantitative estimate of drug-likeness (QED) is 0.880. The van der Waals surface area contributed by atoms with Gasteiger partial charge in [0.25, 0.3) is 0 Å². The van der Waals surface area contributed by atoms with E-state index >= 15 is 0 Å². The predicted octanol–water partition coefficient (Wildman–Crippen LogP) is 3.36. The number of aromatic nitrogens is 2. The molecule has 1 saturated heterocycles. The van der Waals surface area contributed by atoms with Gasteiger partial charge in [0.2, 0.25) is 0 Å². The summed E-state index contributed by atoms with van der Waals surface area (Å²) in [7, 11) is 0. The molecule has 1 unspecified atom stereocenters.